The summed E-state index contributed by atoms with van der Waals surface area (Å²) in [7, 11) is 0. The van der Waals surface area contributed by atoms with E-state index in [1.165, 1.54) is 18.2 Å². The van der Waals surface area contributed by atoms with E-state index in [1.807, 2.05) is 24.3 Å². The number of nitrogens with one attached hydrogen (secondary N) is 1. The number of phenolic OH excluding ortho intramolecular Hbond substituents is 2. The number of anilines is 1. The Morgan fingerprint density at radius 3 is 2.18 bits per heavy atom. The first kappa shape index (κ1) is 14.5. The van der Waals surface area contributed by atoms with Crippen LogP contribution in [0.1, 0.15) is 12.8 Å². The van der Waals surface area contributed by atoms with Gasteiger partial charge in [0.1, 0.15) is 23.0 Å². The van der Waals surface area contributed by atoms with E-state index in [9.17, 15) is 10.2 Å². The van der Waals surface area contributed by atoms with Crippen molar-refractivity contribution >= 4 is 5.69 Å². The molecule has 5 nitrogen and oxygen atoms in total. The fraction of sp³-hybridized carbons (Fsp3) is 0.294. The minimum Gasteiger partial charge on any atom is -0.508 e. The third-order valence-corrected chi connectivity index (χ3v) is 3.56. The van der Waals surface area contributed by atoms with Crippen molar-refractivity contribution in [2.24, 2.45) is 0 Å². The second kappa shape index (κ2) is 6.58. The summed E-state index contributed by atoms with van der Waals surface area (Å²) < 4.78 is 11.0. The van der Waals surface area contributed by atoms with Crippen molar-refractivity contribution < 1.29 is 19.7 Å². The number of aromatic hydroxyl groups is 2. The minimum atomic E-state index is -0.0344. The third-order valence-electron chi connectivity index (χ3n) is 3.56. The van der Waals surface area contributed by atoms with Crippen molar-refractivity contribution in [2.75, 3.05) is 18.5 Å². The highest BCUT2D eigenvalue weighted by Crippen LogP contribution is 2.30. The molecule has 0 spiro atoms. The van der Waals surface area contributed by atoms with E-state index in [-0.39, 0.29) is 11.5 Å². The predicted octanol–water partition coefficient (Wildman–Crippen LogP) is 3.48. The first-order valence-electron chi connectivity index (χ1n) is 7.34. The molecule has 0 bridgehead atoms. The second-order valence-electron chi connectivity index (χ2n) is 5.34. The maximum atomic E-state index is 9.44. The zero-order chi connectivity index (χ0) is 15.4. The molecule has 3 rings (SSSR count). The van der Waals surface area contributed by atoms with E-state index in [4.69, 9.17) is 9.47 Å². The quantitative estimate of drug-likeness (QED) is 0.806. The molecule has 2 aromatic carbocycles. The number of benzene rings is 2. The van der Waals surface area contributed by atoms with E-state index in [2.05, 4.69) is 5.32 Å². The Balaban J connectivity index is 1.63. The number of phenols is 2. The van der Waals surface area contributed by atoms with Gasteiger partial charge in [0.15, 0.2) is 0 Å². The largest absolute Gasteiger partial charge is 0.508 e. The molecular weight excluding hydrogens is 282 g/mol. The molecule has 116 valence electrons. The van der Waals surface area contributed by atoms with Gasteiger partial charge in [0.2, 0.25) is 0 Å². The molecule has 22 heavy (non-hydrogen) atoms. The van der Waals surface area contributed by atoms with Gasteiger partial charge in [0.25, 0.3) is 0 Å². The average molecular weight is 301 g/mol. The molecule has 1 fully saturated rings. The average Bonchev–Trinajstić information content (AvgIpc) is 2.49. The van der Waals surface area contributed by atoms with Gasteiger partial charge in [-0.2, -0.15) is 0 Å². The highest BCUT2D eigenvalue weighted by atomic mass is 16.5. The van der Waals surface area contributed by atoms with Gasteiger partial charge in [0.05, 0.1) is 0 Å². The maximum absolute atomic E-state index is 9.44. The summed E-state index contributed by atoms with van der Waals surface area (Å²) in [6.07, 6.45) is 2.03. The van der Waals surface area contributed by atoms with Crippen LogP contribution in [-0.4, -0.2) is 29.5 Å². The molecular formula is C17H19NO4. The van der Waals surface area contributed by atoms with Gasteiger partial charge in [-0.25, -0.2) is 0 Å². The zero-order valence-electron chi connectivity index (χ0n) is 12.2. The molecule has 1 aliphatic heterocycles. The molecule has 0 unspecified atom stereocenters. The Hall–Kier alpha value is -2.40. The number of hydrogen-bond donors (Lipinski definition) is 3. The molecule has 1 saturated heterocycles. The molecule has 5 heteroatoms. The minimum absolute atomic E-state index is 0.0344. The number of rotatable bonds is 4. The highest BCUT2D eigenvalue weighted by Gasteiger charge is 2.13. The van der Waals surface area contributed by atoms with Crippen LogP contribution in [0.25, 0.3) is 0 Å². The Kier molecular flexibility index (Phi) is 4.34. The summed E-state index contributed by atoms with van der Waals surface area (Å²) >= 11 is 0. The fourth-order valence-electron chi connectivity index (χ4n) is 2.46. The molecule has 3 N–H and O–H groups in total. The standard InChI is InChI=1S/C17H19NO4/c19-14-9-15(20)11-17(10-14)22-16-3-1-12(2-4-16)18-13-5-7-21-8-6-13/h1-4,9-11,13,18-20H,5-8H2. The van der Waals surface area contributed by atoms with E-state index in [0.717, 1.165) is 31.7 Å². The topological polar surface area (TPSA) is 71.0 Å². The predicted molar refractivity (Wildman–Crippen MR) is 83.8 cm³/mol. The van der Waals surface area contributed by atoms with Crippen molar-refractivity contribution in [2.45, 2.75) is 18.9 Å². The Labute approximate surface area is 129 Å². The van der Waals surface area contributed by atoms with Crippen LogP contribution in [0.2, 0.25) is 0 Å². The van der Waals surface area contributed by atoms with Gasteiger partial charge in [0, 0.05) is 43.1 Å². The summed E-state index contributed by atoms with van der Waals surface area (Å²) in [5.41, 5.74) is 1.04. The van der Waals surface area contributed by atoms with E-state index in [1.54, 1.807) is 0 Å². The van der Waals surface area contributed by atoms with Crippen molar-refractivity contribution in [3.63, 3.8) is 0 Å². The van der Waals surface area contributed by atoms with Crippen LogP contribution < -0.4 is 10.1 Å². The lowest BCUT2D eigenvalue weighted by molar-refractivity contribution is 0.0904. The first-order chi connectivity index (χ1) is 10.7. The zero-order valence-corrected chi connectivity index (χ0v) is 12.2. The SMILES string of the molecule is Oc1cc(O)cc(Oc2ccc(NC3CCOCC3)cc2)c1. The van der Waals surface area contributed by atoms with Gasteiger partial charge in [-0.15, -0.1) is 0 Å². The Morgan fingerprint density at radius 2 is 1.55 bits per heavy atom. The molecule has 0 atom stereocenters. The first-order valence-corrected chi connectivity index (χ1v) is 7.34. The normalized spacial score (nSPS) is 15.5. The third kappa shape index (κ3) is 3.83. The molecule has 0 radical (unpaired) electrons. The van der Waals surface area contributed by atoms with E-state index >= 15 is 0 Å². The maximum Gasteiger partial charge on any atom is 0.134 e. The summed E-state index contributed by atoms with van der Waals surface area (Å²) in [4.78, 5) is 0. The molecule has 0 aromatic heterocycles. The van der Waals surface area contributed by atoms with Crippen molar-refractivity contribution in [1.29, 1.82) is 0 Å². The summed E-state index contributed by atoms with van der Waals surface area (Å²) in [5, 5.41) is 22.4. The fourth-order valence-corrected chi connectivity index (χ4v) is 2.46. The van der Waals surface area contributed by atoms with Crippen LogP contribution in [-0.2, 0) is 4.74 Å². The van der Waals surface area contributed by atoms with Crippen molar-refractivity contribution in [3.8, 4) is 23.0 Å². The van der Waals surface area contributed by atoms with Crippen LogP contribution >= 0.6 is 0 Å². The Bertz CT molecular complexity index is 601. The summed E-state index contributed by atoms with van der Waals surface area (Å²) in [6, 6.07) is 12.2. The van der Waals surface area contributed by atoms with Crippen molar-refractivity contribution in [1.82, 2.24) is 0 Å². The number of ether oxygens (including phenoxy) is 2. The van der Waals surface area contributed by atoms with Crippen molar-refractivity contribution in [3.05, 3.63) is 42.5 Å². The van der Waals surface area contributed by atoms with Crippen LogP contribution in [0.15, 0.2) is 42.5 Å². The van der Waals surface area contributed by atoms with Gasteiger partial charge in [-0.1, -0.05) is 0 Å². The lowest BCUT2D eigenvalue weighted by atomic mass is 10.1. The molecule has 2 aromatic rings. The van der Waals surface area contributed by atoms with Crippen LogP contribution in [0.4, 0.5) is 5.69 Å². The van der Waals surface area contributed by atoms with Gasteiger partial charge in [-0.3, -0.25) is 0 Å². The Morgan fingerprint density at radius 1 is 0.909 bits per heavy atom. The van der Waals surface area contributed by atoms with Crippen LogP contribution in [0.3, 0.4) is 0 Å². The smallest absolute Gasteiger partial charge is 0.134 e. The molecule has 1 heterocycles. The van der Waals surface area contributed by atoms with Crippen LogP contribution in [0, 0.1) is 0 Å². The second-order valence-corrected chi connectivity index (χ2v) is 5.34. The molecule has 0 saturated carbocycles. The number of hydrogen-bond acceptors (Lipinski definition) is 5. The lowest BCUT2D eigenvalue weighted by Gasteiger charge is -2.24. The van der Waals surface area contributed by atoms with E-state index < -0.39 is 0 Å². The van der Waals surface area contributed by atoms with Gasteiger partial charge >= 0.3 is 0 Å². The van der Waals surface area contributed by atoms with Gasteiger partial charge in [-0.05, 0) is 37.1 Å². The monoisotopic (exact) mass is 301 g/mol. The molecule has 0 amide bonds. The van der Waals surface area contributed by atoms with Gasteiger partial charge < -0.3 is 25.0 Å². The highest BCUT2D eigenvalue weighted by molar-refractivity contribution is 5.49. The molecule has 0 aliphatic carbocycles. The summed E-state index contributed by atoms with van der Waals surface area (Å²) in [5.74, 6) is 0.964. The van der Waals surface area contributed by atoms with Crippen LogP contribution in [0.5, 0.6) is 23.0 Å². The lowest BCUT2D eigenvalue weighted by Crippen LogP contribution is -2.27. The van der Waals surface area contributed by atoms with E-state index in [0.29, 0.717) is 17.5 Å². The molecule has 1 aliphatic rings. The summed E-state index contributed by atoms with van der Waals surface area (Å²) in [6.45, 7) is 1.61.